The highest BCUT2D eigenvalue weighted by Gasteiger charge is 2.15. The Hall–Kier alpha value is -2.30. The molecule has 140 valence electrons. The topological polar surface area (TPSA) is 64.4 Å². The molecule has 0 saturated heterocycles. The number of rotatable bonds is 6. The van der Waals surface area contributed by atoms with Gasteiger partial charge in [0.2, 0.25) is 5.91 Å². The Bertz CT molecular complexity index is 703. The van der Waals surface area contributed by atoms with Crippen LogP contribution in [0.4, 0.5) is 0 Å². The summed E-state index contributed by atoms with van der Waals surface area (Å²) in [5.41, 5.74) is 0.919. The minimum atomic E-state index is 0.0942. The maximum absolute atomic E-state index is 12.2. The highest BCUT2D eigenvalue weighted by Crippen LogP contribution is 2.24. The van der Waals surface area contributed by atoms with Gasteiger partial charge in [-0.15, -0.1) is 0 Å². The number of hydrogen-bond donors (Lipinski definition) is 1. The normalized spacial score (nSPS) is 15.9. The number of methoxy groups -OCH3 is 1. The second kappa shape index (κ2) is 9.41. The van der Waals surface area contributed by atoms with Crippen LogP contribution in [0, 0.1) is 0 Å². The van der Waals surface area contributed by atoms with Gasteiger partial charge in [-0.2, -0.15) is 0 Å². The molecule has 1 aliphatic carbocycles. The number of amides is 1. The molecule has 1 N–H and O–H groups in total. The van der Waals surface area contributed by atoms with Gasteiger partial charge in [-0.05, 0) is 25.0 Å². The number of benzene rings is 1. The van der Waals surface area contributed by atoms with Crippen molar-refractivity contribution in [1.29, 1.82) is 0 Å². The standard InChI is InChI=1S/C21H28N2O3/c1-25-18-11-7-8-16(14-18)19-15-22-21(26-19)13-12-20(24)23-17-9-5-3-2-4-6-10-17/h7-8,11,14-15,17H,2-6,9-10,12-13H2,1H3,(H,23,24). The molecule has 0 unspecified atom stereocenters. The van der Waals surface area contributed by atoms with Gasteiger partial charge in [0.1, 0.15) is 5.75 Å². The number of nitrogens with one attached hydrogen (secondary N) is 1. The summed E-state index contributed by atoms with van der Waals surface area (Å²) < 4.78 is 11.0. The molecule has 0 radical (unpaired) electrons. The zero-order valence-corrected chi connectivity index (χ0v) is 15.5. The number of nitrogens with zero attached hydrogens (tertiary/aromatic N) is 1. The summed E-state index contributed by atoms with van der Waals surface area (Å²) in [6.07, 6.45) is 11.2. The smallest absolute Gasteiger partial charge is 0.220 e. The van der Waals surface area contributed by atoms with E-state index in [4.69, 9.17) is 9.15 Å². The largest absolute Gasteiger partial charge is 0.497 e. The molecule has 0 spiro atoms. The lowest BCUT2D eigenvalue weighted by molar-refractivity contribution is -0.122. The average Bonchev–Trinajstić information content (AvgIpc) is 3.11. The van der Waals surface area contributed by atoms with E-state index in [9.17, 15) is 4.79 Å². The molecule has 1 heterocycles. The molecule has 1 aromatic carbocycles. The molecular formula is C21H28N2O3. The lowest BCUT2D eigenvalue weighted by Gasteiger charge is -2.20. The lowest BCUT2D eigenvalue weighted by atomic mass is 9.96. The third-order valence-corrected chi connectivity index (χ3v) is 4.94. The maximum atomic E-state index is 12.2. The Balaban J connectivity index is 1.50. The van der Waals surface area contributed by atoms with E-state index in [0.717, 1.165) is 24.2 Å². The van der Waals surface area contributed by atoms with Crippen LogP contribution in [0.15, 0.2) is 34.9 Å². The third kappa shape index (κ3) is 5.35. The van der Waals surface area contributed by atoms with Crippen molar-refractivity contribution in [2.45, 2.75) is 63.8 Å². The first-order chi connectivity index (χ1) is 12.7. The van der Waals surface area contributed by atoms with Crippen molar-refractivity contribution in [3.63, 3.8) is 0 Å². The van der Waals surface area contributed by atoms with Crippen molar-refractivity contribution in [2.24, 2.45) is 0 Å². The molecular weight excluding hydrogens is 328 g/mol. The first-order valence-electron chi connectivity index (χ1n) is 9.63. The van der Waals surface area contributed by atoms with E-state index in [1.165, 1.54) is 32.1 Å². The van der Waals surface area contributed by atoms with E-state index >= 15 is 0 Å². The Labute approximate surface area is 155 Å². The minimum absolute atomic E-state index is 0.0942. The van der Waals surface area contributed by atoms with Gasteiger partial charge >= 0.3 is 0 Å². The van der Waals surface area contributed by atoms with Gasteiger partial charge in [0.25, 0.3) is 0 Å². The van der Waals surface area contributed by atoms with Crippen molar-refractivity contribution >= 4 is 5.91 Å². The summed E-state index contributed by atoms with van der Waals surface area (Å²) in [7, 11) is 1.64. The number of hydrogen-bond acceptors (Lipinski definition) is 4. The number of carbonyl (C=O) groups excluding carboxylic acids is 1. The molecule has 5 heteroatoms. The van der Waals surface area contributed by atoms with Crippen LogP contribution in [-0.4, -0.2) is 24.0 Å². The molecule has 1 fully saturated rings. The second-order valence-corrected chi connectivity index (χ2v) is 6.96. The zero-order chi connectivity index (χ0) is 18.2. The fraction of sp³-hybridized carbons (Fsp3) is 0.524. The average molecular weight is 356 g/mol. The van der Waals surface area contributed by atoms with E-state index in [0.29, 0.717) is 30.5 Å². The number of carbonyl (C=O) groups is 1. The fourth-order valence-electron chi connectivity index (χ4n) is 3.46. The molecule has 1 aromatic heterocycles. The van der Waals surface area contributed by atoms with Crippen LogP contribution < -0.4 is 10.1 Å². The summed E-state index contributed by atoms with van der Waals surface area (Å²) in [6, 6.07) is 8.00. The molecule has 0 atom stereocenters. The van der Waals surface area contributed by atoms with Gasteiger partial charge in [0.05, 0.1) is 13.3 Å². The molecule has 1 aliphatic rings. The van der Waals surface area contributed by atoms with Crippen molar-refractivity contribution in [2.75, 3.05) is 7.11 Å². The van der Waals surface area contributed by atoms with Crippen molar-refractivity contribution in [3.8, 4) is 17.1 Å². The van der Waals surface area contributed by atoms with Gasteiger partial charge in [-0.1, -0.05) is 44.2 Å². The van der Waals surface area contributed by atoms with Gasteiger partial charge in [0.15, 0.2) is 11.7 Å². The van der Waals surface area contributed by atoms with E-state index in [2.05, 4.69) is 10.3 Å². The molecule has 2 aromatic rings. The van der Waals surface area contributed by atoms with Crippen molar-refractivity contribution in [3.05, 3.63) is 36.4 Å². The van der Waals surface area contributed by atoms with Crippen LogP contribution in [0.2, 0.25) is 0 Å². The first-order valence-corrected chi connectivity index (χ1v) is 9.63. The van der Waals surface area contributed by atoms with E-state index < -0.39 is 0 Å². The predicted molar refractivity (Wildman–Crippen MR) is 101 cm³/mol. The van der Waals surface area contributed by atoms with E-state index in [-0.39, 0.29) is 5.91 Å². The minimum Gasteiger partial charge on any atom is -0.497 e. The van der Waals surface area contributed by atoms with Gasteiger partial charge in [-0.3, -0.25) is 4.79 Å². The summed E-state index contributed by atoms with van der Waals surface area (Å²) in [6.45, 7) is 0. The molecule has 1 saturated carbocycles. The molecule has 0 aliphatic heterocycles. The Morgan fingerprint density at radius 3 is 2.77 bits per heavy atom. The number of oxazole rings is 1. The number of aryl methyl sites for hydroxylation is 1. The fourth-order valence-corrected chi connectivity index (χ4v) is 3.46. The van der Waals surface area contributed by atoms with Crippen LogP contribution in [0.25, 0.3) is 11.3 Å². The highest BCUT2D eigenvalue weighted by atomic mass is 16.5. The van der Waals surface area contributed by atoms with E-state index in [1.54, 1.807) is 13.3 Å². The van der Waals surface area contributed by atoms with Gasteiger partial charge in [0, 0.05) is 24.4 Å². The van der Waals surface area contributed by atoms with E-state index in [1.807, 2.05) is 24.3 Å². The van der Waals surface area contributed by atoms with Crippen LogP contribution >= 0.6 is 0 Å². The molecule has 3 rings (SSSR count). The van der Waals surface area contributed by atoms with Crippen LogP contribution in [0.5, 0.6) is 5.75 Å². The summed E-state index contributed by atoms with van der Waals surface area (Å²) in [5.74, 6) is 2.16. The quantitative estimate of drug-likeness (QED) is 0.827. The highest BCUT2D eigenvalue weighted by molar-refractivity contribution is 5.76. The molecule has 5 nitrogen and oxygen atoms in total. The monoisotopic (exact) mass is 356 g/mol. The Morgan fingerprint density at radius 2 is 2.00 bits per heavy atom. The van der Waals surface area contributed by atoms with Crippen LogP contribution in [-0.2, 0) is 11.2 Å². The van der Waals surface area contributed by atoms with Gasteiger partial charge < -0.3 is 14.5 Å². The molecule has 26 heavy (non-hydrogen) atoms. The van der Waals surface area contributed by atoms with Crippen LogP contribution in [0.3, 0.4) is 0 Å². The third-order valence-electron chi connectivity index (χ3n) is 4.94. The summed E-state index contributed by atoms with van der Waals surface area (Å²) >= 11 is 0. The second-order valence-electron chi connectivity index (χ2n) is 6.96. The SMILES string of the molecule is COc1cccc(-c2cnc(CCC(=O)NC3CCCCCCC3)o2)c1. The summed E-state index contributed by atoms with van der Waals surface area (Å²) in [4.78, 5) is 16.6. The maximum Gasteiger partial charge on any atom is 0.220 e. The Morgan fingerprint density at radius 1 is 1.23 bits per heavy atom. The summed E-state index contributed by atoms with van der Waals surface area (Å²) in [5, 5.41) is 3.19. The van der Waals surface area contributed by atoms with Crippen molar-refractivity contribution in [1.82, 2.24) is 10.3 Å². The lowest BCUT2D eigenvalue weighted by Crippen LogP contribution is -2.35. The predicted octanol–water partition coefficient (Wildman–Crippen LogP) is 4.51. The Kier molecular flexibility index (Phi) is 6.69. The first kappa shape index (κ1) is 18.5. The molecule has 1 amide bonds. The van der Waals surface area contributed by atoms with Gasteiger partial charge in [-0.25, -0.2) is 4.98 Å². The zero-order valence-electron chi connectivity index (χ0n) is 15.5. The number of aromatic nitrogens is 1. The van der Waals surface area contributed by atoms with Crippen LogP contribution in [0.1, 0.15) is 57.3 Å². The van der Waals surface area contributed by atoms with Crippen molar-refractivity contribution < 1.29 is 13.9 Å². The number of ether oxygens (including phenoxy) is 1. The molecule has 0 bridgehead atoms.